The second-order valence-electron chi connectivity index (χ2n) is 3.54. The van der Waals surface area contributed by atoms with E-state index in [0.29, 0.717) is 6.42 Å². The van der Waals surface area contributed by atoms with Gasteiger partial charge in [-0.05, 0) is 30.5 Å². The van der Waals surface area contributed by atoms with E-state index in [9.17, 15) is 4.79 Å². The summed E-state index contributed by atoms with van der Waals surface area (Å²) in [6.07, 6.45) is 2.40. The second-order valence-corrected chi connectivity index (χ2v) is 3.95. The number of hydrogen-bond acceptors (Lipinski definition) is 1. The van der Waals surface area contributed by atoms with Crippen LogP contribution in [0.4, 0.5) is 5.69 Å². The van der Waals surface area contributed by atoms with E-state index in [1.54, 1.807) is 4.90 Å². The summed E-state index contributed by atoms with van der Waals surface area (Å²) in [5.74, 6) is 0.172. The van der Waals surface area contributed by atoms with Crippen LogP contribution >= 0.6 is 11.6 Å². The van der Waals surface area contributed by atoms with Crippen molar-refractivity contribution >= 4 is 23.2 Å². The van der Waals surface area contributed by atoms with Gasteiger partial charge in [0.15, 0.2) is 0 Å². The van der Waals surface area contributed by atoms with Crippen molar-refractivity contribution in [3.63, 3.8) is 0 Å². The lowest BCUT2D eigenvalue weighted by Gasteiger charge is -2.17. The Kier molecular flexibility index (Phi) is 2.46. The Morgan fingerprint density at radius 3 is 2.93 bits per heavy atom. The third-order valence-corrected chi connectivity index (χ3v) is 3.00. The number of amides is 1. The van der Waals surface area contributed by atoms with Gasteiger partial charge in [0, 0.05) is 24.2 Å². The molecule has 1 amide bonds. The van der Waals surface area contributed by atoms with Crippen molar-refractivity contribution in [1.29, 1.82) is 0 Å². The highest BCUT2D eigenvalue weighted by molar-refractivity contribution is 6.31. The maximum atomic E-state index is 11.6. The molecule has 0 atom stereocenters. The first-order valence-corrected chi connectivity index (χ1v) is 5.12. The smallest absolute Gasteiger partial charge is 0.226 e. The molecule has 0 radical (unpaired) electrons. The van der Waals surface area contributed by atoms with E-state index in [0.717, 1.165) is 29.1 Å². The minimum atomic E-state index is 0.172. The van der Waals surface area contributed by atoms with Crippen LogP contribution < -0.4 is 4.90 Å². The van der Waals surface area contributed by atoms with E-state index in [1.165, 1.54) is 0 Å². The van der Waals surface area contributed by atoms with Crippen LogP contribution in [0, 0.1) is 0 Å². The molecule has 1 heterocycles. The summed E-state index contributed by atoms with van der Waals surface area (Å²) in [5, 5.41) is 0.768. The number of nitrogens with zero attached hydrogens (tertiary/aromatic N) is 1. The number of rotatable bonds is 0. The summed E-state index contributed by atoms with van der Waals surface area (Å²) >= 11 is 6.09. The first-order valence-electron chi connectivity index (χ1n) is 4.74. The normalized spacial score (nSPS) is 16.4. The average Bonchev–Trinajstić information content (AvgIpc) is 2.31. The van der Waals surface area contributed by atoms with E-state index in [4.69, 9.17) is 11.6 Å². The van der Waals surface area contributed by atoms with E-state index >= 15 is 0 Å². The summed E-state index contributed by atoms with van der Waals surface area (Å²) in [6, 6.07) is 5.71. The summed E-state index contributed by atoms with van der Waals surface area (Å²) in [4.78, 5) is 13.3. The molecule has 0 aliphatic carbocycles. The minimum absolute atomic E-state index is 0.172. The number of carbonyl (C=O) groups excluding carboxylic acids is 1. The Labute approximate surface area is 88.5 Å². The van der Waals surface area contributed by atoms with Crippen molar-refractivity contribution in [2.24, 2.45) is 0 Å². The largest absolute Gasteiger partial charge is 0.315 e. The highest BCUT2D eigenvalue weighted by atomic mass is 35.5. The van der Waals surface area contributed by atoms with Crippen LogP contribution in [0.2, 0.25) is 5.02 Å². The zero-order valence-corrected chi connectivity index (χ0v) is 8.84. The number of anilines is 1. The van der Waals surface area contributed by atoms with Gasteiger partial charge in [-0.2, -0.15) is 0 Å². The van der Waals surface area contributed by atoms with Gasteiger partial charge in [0.25, 0.3) is 0 Å². The van der Waals surface area contributed by atoms with Crippen LogP contribution in [-0.4, -0.2) is 13.0 Å². The molecule has 0 spiro atoms. The van der Waals surface area contributed by atoms with Gasteiger partial charge in [0.2, 0.25) is 5.91 Å². The molecule has 1 aromatic carbocycles. The Morgan fingerprint density at radius 2 is 2.14 bits per heavy atom. The molecule has 2 rings (SSSR count). The highest BCUT2D eigenvalue weighted by Gasteiger charge is 2.19. The standard InChI is InChI=1S/C11H12ClNO/c1-13-10-6-3-5-9(12)8(10)4-2-7-11(13)14/h3,5-6H,2,4,7H2,1H3. The summed E-state index contributed by atoms with van der Waals surface area (Å²) in [7, 11) is 1.81. The van der Waals surface area contributed by atoms with Crippen LogP contribution in [0.15, 0.2) is 18.2 Å². The number of carbonyl (C=O) groups is 1. The molecule has 0 aromatic heterocycles. The fourth-order valence-corrected chi connectivity index (χ4v) is 2.09. The SMILES string of the molecule is CN1C(=O)CCCc2c(Cl)cccc21. The molecule has 74 valence electrons. The fourth-order valence-electron chi connectivity index (χ4n) is 1.83. The van der Waals surface area contributed by atoms with Gasteiger partial charge in [-0.15, -0.1) is 0 Å². The Morgan fingerprint density at radius 1 is 1.36 bits per heavy atom. The second kappa shape index (κ2) is 3.62. The maximum absolute atomic E-state index is 11.6. The van der Waals surface area contributed by atoms with Crippen molar-refractivity contribution < 1.29 is 4.79 Å². The summed E-state index contributed by atoms with van der Waals surface area (Å²) in [5.41, 5.74) is 2.06. The zero-order chi connectivity index (χ0) is 10.1. The molecule has 14 heavy (non-hydrogen) atoms. The van der Waals surface area contributed by atoms with Crippen molar-refractivity contribution in [2.45, 2.75) is 19.3 Å². The van der Waals surface area contributed by atoms with Gasteiger partial charge < -0.3 is 4.90 Å². The molecule has 1 aliphatic heterocycles. The van der Waals surface area contributed by atoms with E-state index in [1.807, 2.05) is 25.2 Å². The number of benzene rings is 1. The molecule has 0 N–H and O–H groups in total. The zero-order valence-electron chi connectivity index (χ0n) is 8.09. The Balaban J connectivity index is 2.53. The highest BCUT2D eigenvalue weighted by Crippen LogP contribution is 2.31. The van der Waals surface area contributed by atoms with Gasteiger partial charge in [-0.3, -0.25) is 4.79 Å². The fraction of sp³-hybridized carbons (Fsp3) is 0.364. The topological polar surface area (TPSA) is 20.3 Å². The number of hydrogen-bond donors (Lipinski definition) is 0. The summed E-state index contributed by atoms with van der Waals surface area (Å²) in [6.45, 7) is 0. The monoisotopic (exact) mass is 209 g/mol. The molecule has 0 bridgehead atoms. The van der Waals surface area contributed by atoms with Gasteiger partial charge in [0.1, 0.15) is 0 Å². The first kappa shape index (κ1) is 9.53. The minimum Gasteiger partial charge on any atom is -0.315 e. The molecule has 0 unspecified atom stereocenters. The molecule has 2 nitrogen and oxygen atoms in total. The maximum Gasteiger partial charge on any atom is 0.226 e. The molecule has 3 heteroatoms. The number of fused-ring (bicyclic) bond motifs is 1. The van der Waals surface area contributed by atoms with Crippen LogP contribution in [0.3, 0.4) is 0 Å². The predicted octanol–water partition coefficient (Wildman–Crippen LogP) is 2.64. The van der Waals surface area contributed by atoms with Crippen LogP contribution in [-0.2, 0) is 11.2 Å². The lowest BCUT2D eigenvalue weighted by Crippen LogP contribution is -2.24. The quantitative estimate of drug-likeness (QED) is 0.643. The lowest BCUT2D eigenvalue weighted by molar-refractivity contribution is -0.118. The average molecular weight is 210 g/mol. The Bertz CT molecular complexity index is 376. The van der Waals surface area contributed by atoms with Crippen LogP contribution in [0.1, 0.15) is 18.4 Å². The van der Waals surface area contributed by atoms with Crippen molar-refractivity contribution in [1.82, 2.24) is 0 Å². The predicted molar refractivity (Wildman–Crippen MR) is 57.8 cm³/mol. The Hall–Kier alpha value is -1.02. The third kappa shape index (κ3) is 1.50. The molecule has 0 saturated carbocycles. The van der Waals surface area contributed by atoms with Crippen molar-refractivity contribution in [2.75, 3.05) is 11.9 Å². The van der Waals surface area contributed by atoms with E-state index in [-0.39, 0.29) is 5.91 Å². The van der Waals surface area contributed by atoms with E-state index < -0.39 is 0 Å². The first-order chi connectivity index (χ1) is 6.70. The van der Waals surface area contributed by atoms with Crippen molar-refractivity contribution in [3.05, 3.63) is 28.8 Å². The van der Waals surface area contributed by atoms with Gasteiger partial charge >= 0.3 is 0 Å². The molecular weight excluding hydrogens is 198 g/mol. The van der Waals surface area contributed by atoms with Gasteiger partial charge in [-0.25, -0.2) is 0 Å². The number of halogens is 1. The molecule has 1 aromatic rings. The van der Waals surface area contributed by atoms with Crippen LogP contribution in [0.25, 0.3) is 0 Å². The van der Waals surface area contributed by atoms with Gasteiger partial charge in [-0.1, -0.05) is 17.7 Å². The lowest BCUT2D eigenvalue weighted by atomic mass is 10.1. The van der Waals surface area contributed by atoms with Crippen LogP contribution in [0.5, 0.6) is 0 Å². The van der Waals surface area contributed by atoms with Gasteiger partial charge in [0.05, 0.1) is 0 Å². The molecule has 0 saturated heterocycles. The van der Waals surface area contributed by atoms with E-state index in [2.05, 4.69) is 0 Å². The summed E-state index contributed by atoms with van der Waals surface area (Å²) < 4.78 is 0. The molecular formula is C11H12ClNO. The molecule has 1 aliphatic rings. The molecule has 0 fully saturated rings. The third-order valence-electron chi connectivity index (χ3n) is 2.65. The van der Waals surface area contributed by atoms with Crippen molar-refractivity contribution in [3.8, 4) is 0 Å².